The summed E-state index contributed by atoms with van der Waals surface area (Å²) in [6, 6.07) is 16.0. The number of carbonyl (C=O) groups excluding carboxylic acids is 2. The van der Waals surface area contributed by atoms with Gasteiger partial charge in [-0.05, 0) is 36.4 Å². The van der Waals surface area contributed by atoms with Crippen LogP contribution in [-0.4, -0.2) is 45.8 Å². The van der Waals surface area contributed by atoms with E-state index in [9.17, 15) is 9.59 Å². The molecule has 3 rings (SSSR count). The lowest BCUT2D eigenvalue weighted by Crippen LogP contribution is -2.21. The smallest absolute Gasteiger partial charge is 0.277 e. The van der Waals surface area contributed by atoms with Gasteiger partial charge in [-0.2, -0.15) is 9.90 Å². The standard InChI is InChI=1S/C18H17N5O2/c1-22(2)18(25)13-8-10-14(11-9-13)20-17(24)16-12-19-23(21-16)15-6-4-3-5-7-15/h3-12H,1-2H3,(H,20,24). The topological polar surface area (TPSA) is 80.1 Å². The van der Waals surface area contributed by atoms with Crippen LogP contribution in [0.15, 0.2) is 60.8 Å². The third-order valence-corrected chi connectivity index (χ3v) is 3.51. The minimum Gasteiger partial charge on any atom is -0.345 e. The molecule has 0 aliphatic carbocycles. The molecule has 0 aliphatic rings. The largest absolute Gasteiger partial charge is 0.345 e. The van der Waals surface area contributed by atoms with Crippen LogP contribution < -0.4 is 5.32 Å². The van der Waals surface area contributed by atoms with E-state index in [2.05, 4.69) is 15.5 Å². The molecule has 2 amide bonds. The monoisotopic (exact) mass is 335 g/mol. The van der Waals surface area contributed by atoms with Gasteiger partial charge in [-0.25, -0.2) is 0 Å². The van der Waals surface area contributed by atoms with Gasteiger partial charge in [0.05, 0.1) is 11.9 Å². The molecule has 2 aromatic carbocycles. The number of aromatic nitrogens is 3. The van der Waals surface area contributed by atoms with Gasteiger partial charge in [0.15, 0.2) is 5.69 Å². The van der Waals surface area contributed by atoms with Crippen molar-refractivity contribution >= 4 is 17.5 Å². The molecule has 1 N–H and O–H groups in total. The summed E-state index contributed by atoms with van der Waals surface area (Å²) in [5, 5.41) is 11.0. The third kappa shape index (κ3) is 3.72. The van der Waals surface area contributed by atoms with E-state index in [1.807, 2.05) is 30.3 Å². The Morgan fingerprint density at radius 1 is 1.00 bits per heavy atom. The number of hydrogen-bond donors (Lipinski definition) is 1. The Bertz CT molecular complexity index is 885. The van der Waals surface area contributed by atoms with Gasteiger partial charge < -0.3 is 10.2 Å². The van der Waals surface area contributed by atoms with Gasteiger partial charge in [-0.15, -0.1) is 5.10 Å². The van der Waals surface area contributed by atoms with E-state index < -0.39 is 0 Å². The van der Waals surface area contributed by atoms with E-state index >= 15 is 0 Å². The molecular weight excluding hydrogens is 318 g/mol. The lowest BCUT2D eigenvalue weighted by Gasteiger charge is -2.10. The van der Waals surface area contributed by atoms with Crippen molar-refractivity contribution in [1.29, 1.82) is 0 Å². The first-order chi connectivity index (χ1) is 12.0. The molecule has 7 heteroatoms. The lowest BCUT2D eigenvalue weighted by molar-refractivity contribution is 0.0827. The maximum atomic E-state index is 12.3. The third-order valence-electron chi connectivity index (χ3n) is 3.51. The molecule has 0 unspecified atom stereocenters. The minimum absolute atomic E-state index is 0.0938. The van der Waals surface area contributed by atoms with Crippen molar-refractivity contribution in [2.75, 3.05) is 19.4 Å². The predicted octanol–water partition coefficient (Wildman–Crippen LogP) is 2.22. The highest BCUT2D eigenvalue weighted by atomic mass is 16.2. The molecular formula is C18H17N5O2. The van der Waals surface area contributed by atoms with E-state index in [-0.39, 0.29) is 17.5 Å². The fraction of sp³-hybridized carbons (Fsp3) is 0.111. The predicted molar refractivity (Wildman–Crippen MR) is 93.8 cm³/mol. The fourth-order valence-electron chi connectivity index (χ4n) is 2.20. The second kappa shape index (κ2) is 6.96. The van der Waals surface area contributed by atoms with Crippen molar-refractivity contribution in [2.45, 2.75) is 0 Å². The summed E-state index contributed by atoms with van der Waals surface area (Å²) in [5.74, 6) is -0.461. The first kappa shape index (κ1) is 16.4. The van der Waals surface area contributed by atoms with E-state index in [0.717, 1.165) is 5.69 Å². The molecule has 0 saturated carbocycles. The number of rotatable bonds is 4. The number of hydrogen-bond acceptors (Lipinski definition) is 4. The van der Waals surface area contributed by atoms with E-state index in [1.165, 1.54) is 15.9 Å². The molecule has 0 fully saturated rings. The van der Waals surface area contributed by atoms with Crippen LogP contribution in [0.5, 0.6) is 0 Å². The van der Waals surface area contributed by atoms with E-state index in [1.54, 1.807) is 38.4 Å². The number of benzene rings is 2. The van der Waals surface area contributed by atoms with Crippen LogP contribution in [0, 0.1) is 0 Å². The number of nitrogens with zero attached hydrogens (tertiary/aromatic N) is 4. The number of nitrogens with one attached hydrogen (secondary N) is 1. The highest BCUT2D eigenvalue weighted by Crippen LogP contribution is 2.12. The van der Waals surface area contributed by atoms with Crippen LogP contribution in [0.3, 0.4) is 0 Å². The molecule has 1 heterocycles. The van der Waals surface area contributed by atoms with Gasteiger partial charge in [0.2, 0.25) is 0 Å². The van der Waals surface area contributed by atoms with E-state index in [0.29, 0.717) is 11.3 Å². The van der Waals surface area contributed by atoms with Crippen molar-refractivity contribution < 1.29 is 9.59 Å². The van der Waals surface area contributed by atoms with Crippen LogP contribution in [0.25, 0.3) is 5.69 Å². The van der Waals surface area contributed by atoms with E-state index in [4.69, 9.17) is 0 Å². The number of anilines is 1. The summed E-state index contributed by atoms with van der Waals surface area (Å²) in [7, 11) is 3.38. The molecule has 0 aliphatic heterocycles. The Morgan fingerprint density at radius 3 is 2.32 bits per heavy atom. The Balaban J connectivity index is 1.70. The zero-order valence-electron chi connectivity index (χ0n) is 13.9. The fourth-order valence-corrected chi connectivity index (χ4v) is 2.20. The van der Waals surface area contributed by atoms with Gasteiger partial charge >= 0.3 is 0 Å². The molecule has 25 heavy (non-hydrogen) atoms. The molecule has 0 atom stereocenters. The van der Waals surface area contributed by atoms with Crippen LogP contribution in [0.4, 0.5) is 5.69 Å². The van der Waals surface area contributed by atoms with Crippen molar-refractivity contribution in [3.05, 3.63) is 72.1 Å². The molecule has 126 valence electrons. The maximum absolute atomic E-state index is 12.3. The average molecular weight is 335 g/mol. The van der Waals surface area contributed by atoms with Gasteiger partial charge in [0, 0.05) is 25.3 Å². The van der Waals surface area contributed by atoms with Crippen molar-refractivity contribution in [3.8, 4) is 5.69 Å². The average Bonchev–Trinajstić information content (AvgIpc) is 3.13. The van der Waals surface area contributed by atoms with Gasteiger partial charge in [-0.3, -0.25) is 9.59 Å². The Labute approximate surface area is 144 Å². The van der Waals surface area contributed by atoms with Crippen molar-refractivity contribution in [1.82, 2.24) is 19.9 Å². The quantitative estimate of drug-likeness (QED) is 0.793. The van der Waals surface area contributed by atoms with Gasteiger partial charge in [0.25, 0.3) is 11.8 Å². The van der Waals surface area contributed by atoms with Gasteiger partial charge in [0.1, 0.15) is 0 Å². The summed E-state index contributed by atoms with van der Waals surface area (Å²) in [4.78, 5) is 27.0. The lowest BCUT2D eigenvalue weighted by atomic mass is 10.2. The molecule has 0 saturated heterocycles. The first-order valence-corrected chi connectivity index (χ1v) is 7.65. The molecule has 3 aromatic rings. The van der Waals surface area contributed by atoms with Crippen molar-refractivity contribution in [2.24, 2.45) is 0 Å². The molecule has 0 spiro atoms. The number of amides is 2. The highest BCUT2D eigenvalue weighted by Gasteiger charge is 2.13. The molecule has 1 aromatic heterocycles. The zero-order valence-corrected chi connectivity index (χ0v) is 13.9. The first-order valence-electron chi connectivity index (χ1n) is 7.65. The van der Waals surface area contributed by atoms with Crippen LogP contribution in [-0.2, 0) is 0 Å². The number of para-hydroxylation sites is 1. The Morgan fingerprint density at radius 2 is 1.68 bits per heavy atom. The summed E-state index contributed by atoms with van der Waals surface area (Å²) in [5.41, 5.74) is 2.11. The summed E-state index contributed by atoms with van der Waals surface area (Å²) in [6.45, 7) is 0. The second-order valence-electron chi connectivity index (χ2n) is 5.59. The highest BCUT2D eigenvalue weighted by molar-refractivity contribution is 6.03. The maximum Gasteiger partial charge on any atom is 0.277 e. The Hall–Kier alpha value is -3.48. The Kier molecular flexibility index (Phi) is 4.56. The summed E-state index contributed by atoms with van der Waals surface area (Å²) in [6.07, 6.45) is 1.41. The van der Waals surface area contributed by atoms with Gasteiger partial charge in [-0.1, -0.05) is 18.2 Å². The second-order valence-corrected chi connectivity index (χ2v) is 5.59. The van der Waals surface area contributed by atoms with Crippen molar-refractivity contribution in [3.63, 3.8) is 0 Å². The van der Waals surface area contributed by atoms with Crippen LogP contribution in [0.1, 0.15) is 20.8 Å². The summed E-state index contributed by atoms with van der Waals surface area (Å²) >= 11 is 0. The van der Waals surface area contributed by atoms with Crippen LogP contribution in [0.2, 0.25) is 0 Å². The number of carbonyl (C=O) groups is 2. The normalized spacial score (nSPS) is 10.3. The SMILES string of the molecule is CN(C)C(=O)c1ccc(NC(=O)c2cnn(-c3ccccc3)n2)cc1. The zero-order chi connectivity index (χ0) is 17.8. The summed E-state index contributed by atoms with van der Waals surface area (Å²) < 4.78 is 0. The van der Waals surface area contributed by atoms with Crippen LogP contribution >= 0.6 is 0 Å². The molecule has 0 radical (unpaired) electrons. The molecule has 0 bridgehead atoms. The molecule has 7 nitrogen and oxygen atoms in total. The minimum atomic E-state index is -0.367.